The molecule has 136 valence electrons. The van der Waals surface area contributed by atoms with E-state index in [0.717, 1.165) is 5.69 Å². The van der Waals surface area contributed by atoms with E-state index in [1.165, 1.54) is 0 Å². The number of carbonyl (C=O) groups is 2. The average Bonchev–Trinajstić information content (AvgIpc) is 2.70. The number of carbonyl (C=O) groups excluding carboxylic acids is 2. The quantitative estimate of drug-likeness (QED) is 0.534. The molecule has 0 radical (unpaired) electrons. The van der Waals surface area contributed by atoms with E-state index in [4.69, 9.17) is 4.74 Å². The van der Waals surface area contributed by atoms with Gasteiger partial charge in [0.2, 0.25) is 0 Å². The first-order valence-corrected chi connectivity index (χ1v) is 8.55. The van der Waals surface area contributed by atoms with Crippen molar-refractivity contribution in [3.05, 3.63) is 90.5 Å². The van der Waals surface area contributed by atoms with Crippen LogP contribution in [-0.2, 0) is 4.79 Å². The van der Waals surface area contributed by atoms with Gasteiger partial charge in [0.05, 0.1) is 0 Å². The van der Waals surface area contributed by atoms with Crippen LogP contribution in [0, 0.1) is 0 Å². The van der Waals surface area contributed by atoms with E-state index in [-0.39, 0.29) is 18.4 Å². The first-order chi connectivity index (χ1) is 13.1. The Labute approximate surface area is 158 Å². The molecule has 5 nitrogen and oxygen atoms in total. The molecule has 0 aliphatic carbocycles. The van der Waals surface area contributed by atoms with Crippen molar-refractivity contribution in [3.8, 4) is 5.75 Å². The third-order valence-electron chi connectivity index (χ3n) is 3.94. The molecule has 0 spiro atoms. The second-order valence-electron chi connectivity index (χ2n) is 6.01. The summed E-state index contributed by atoms with van der Waals surface area (Å²) in [5.41, 5.74) is 2.15. The molecule has 3 aromatic carbocycles. The summed E-state index contributed by atoms with van der Waals surface area (Å²) in [5.74, 6) is -0.119. The summed E-state index contributed by atoms with van der Waals surface area (Å²) in [6, 6.07) is 25.3. The van der Waals surface area contributed by atoms with Crippen molar-refractivity contribution in [2.45, 2.75) is 0 Å². The lowest BCUT2D eigenvalue weighted by Crippen LogP contribution is -2.28. The third-order valence-corrected chi connectivity index (χ3v) is 3.94. The number of ether oxygens (including phenoxy) is 1. The van der Waals surface area contributed by atoms with Crippen molar-refractivity contribution >= 4 is 23.3 Å². The summed E-state index contributed by atoms with van der Waals surface area (Å²) < 4.78 is 5.36. The normalized spacial score (nSPS) is 10.1. The lowest BCUT2D eigenvalue weighted by molar-refractivity contribution is -0.132. The maximum Gasteiger partial charge on any atom is 0.330 e. The Kier molecular flexibility index (Phi) is 5.84. The lowest BCUT2D eigenvalue weighted by Gasteiger charge is -2.18. The van der Waals surface area contributed by atoms with Crippen LogP contribution in [0.1, 0.15) is 10.4 Å². The van der Waals surface area contributed by atoms with Crippen LogP contribution in [-0.4, -0.2) is 25.5 Å². The van der Waals surface area contributed by atoms with Crippen molar-refractivity contribution in [3.63, 3.8) is 0 Å². The summed E-state index contributed by atoms with van der Waals surface area (Å²) in [5, 5.41) is 2.80. The van der Waals surface area contributed by atoms with E-state index in [0.29, 0.717) is 17.0 Å². The maximum absolute atomic E-state index is 12.1. The standard InChI is InChI=1S/C22H20N2O3/c1-24(19-10-6-3-7-11-19)16-21(25)27-20-14-12-18(13-15-20)23-22(26)17-8-4-2-5-9-17/h2-15H,16H2,1H3,(H,23,26). The summed E-state index contributed by atoms with van der Waals surface area (Å²) in [6.45, 7) is 0.135. The Morgan fingerprint density at radius 1 is 0.852 bits per heavy atom. The van der Waals surface area contributed by atoms with Crippen LogP contribution in [0.2, 0.25) is 0 Å². The third kappa shape index (κ3) is 5.19. The molecule has 0 aliphatic heterocycles. The van der Waals surface area contributed by atoms with E-state index in [1.807, 2.05) is 60.5 Å². The van der Waals surface area contributed by atoms with Crippen LogP contribution in [0.15, 0.2) is 84.9 Å². The zero-order valence-electron chi connectivity index (χ0n) is 15.0. The van der Waals surface area contributed by atoms with E-state index in [2.05, 4.69) is 5.32 Å². The summed E-state index contributed by atoms with van der Waals surface area (Å²) in [7, 11) is 1.83. The van der Waals surface area contributed by atoms with Gasteiger partial charge >= 0.3 is 5.97 Å². The molecule has 0 atom stereocenters. The number of esters is 1. The topological polar surface area (TPSA) is 58.6 Å². The smallest absolute Gasteiger partial charge is 0.330 e. The Balaban J connectivity index is 1.54. The fraction of sp³-hybridized carbons (Fsp3) is 0.0909. The summed E-state index contributed by atoms with van der Waals surface area (Å²) in [6.07, 6.45) is 0. The fourth-order valence-electron chi connectivity index (χ4n) is 2.53. The Morgan fingerprint density at radius 3 is 2.07 bits per heavy atom. The van der Waals surface area contributed by atoms with Crippen molar-refractivity contribution in [1.82, 2.24) is 0 Å². The zero-order valence-corrected chi connectivity index (χ0v) is 15.0. The van der Waals surface area contributed by atoms with Gasteiger partial charge in [0.25, 0.3) is 5.91 Å². The lowest BCUT2D eigenvalue weighted by atomic mass is 10.2. The number of rotatable bonds is 6. The number of benzene rings is 3. The molecule has 27 heavy (non-hydrogen) atoms. The molecule has 3 aromatic rings. The highest BCUT2D eigenvalue weighted by molar-refractivity contribution is 6.04. The molecule has 0 fully saturated rings. The van der Waals surface area contributed by atoms with Gasteiger partial charge in [-0.15, -0.1) is 0 Å². The van der Waals surface area contributed by atoms with E-state index in [9.17, 15) is 9.59 Å². The van der Waals surface area contributed by atoms with Gasteiger partial charge in [-0.05, 0) is 48.5 Å². The minimum atomic E-state index is -0.359. The molecular formula is C22H20N2O3. The van der Waals surface area contributed by atoms with Crippen molar-refractivity contribution in [1.29, 1.82) is 0 Å². The number of hydrogen-bond donors (Lipinski definition) is 1. The van der Waals surface area contributed by atoms with Gasteiger partial charge in [0, 0.05) is 24.0 Å². The van der Waals surface area contributed by atoms with E-state index < -0.39 is 0 Å². The summed E-state index contributed by atoms with van der Waals surface area (Å²) >= 11 is 0. The van der Waals surface area contributed by atoms with Gasteiger partial charge in [-0.3, -0.25) is 4.79 Å². The monoisotopic (exact) mass is 360 g/mol. The van der Waals surface area contributed by atoms with Crippen LogP contribution in [0.5, 0.6) is 5.75 Å². The van der Waals surface area contributed by atoms with Crippen molar-refractivity contribution in [2.24, 2.45) is 0 Å². The van der Waals surface area contributed by atoms with Gasteiger partial charge in [0.15, 0.2) is 0 Å². The first kappa shape index (κ1) is 18.2. The Morgan fingerprint density at radius 2 is 1.44 bits per heavy atom. The molecular weight excluding hydrogens is 340 g/mol. The predicted octanol–water partition coefficient (Wildman–Crippen LogP) is 3.98. The van der Waals surface area contributed by atoms with Crippen molar-refractivity contribution < 1.29 is 14.3 Å². The number of hydrogen-bond acceptors (Lipinski definition) is 4. The highest BCUT2D eigenvalue weighted by atomic mass is 16.5. The summed E-state index contributed by atoms with van der Waals surface area (Å²) in [4.78, 5) is 26.1. The molecule has 0 unspecified atom stereocenters. The first-order valence-electron chi connectivity index (χ1n) is 8.55. The number of nitrogens with zero attached hydrogens (tertiary/aromatic N) is 1. The van der Waals surface area contributed by atoms with Crippen LogP contribution in [0.3, 0.4) is 0 Å². The number of amides is 1. The van der Waals surface area contributed by atoms with Gasteiger partial charge < -0.3 is 15.0 Å². The number of anilines is 2. The van der Waals surface area contributed by atoms with Crippen LogP contribution in [0.4, 0.5) is 11.4 Å². The second-order valence-corrected chi connectivity index (χ2v) is 6.01. The SMILES string of the molecule is CN(CC(=O)Oc1ccc(NC(=O)c2ccccc2)cc1)c1ccccc1. The largest absolute Gasteiger partial charge is 0.425 e. The molecule has 0 aromatic heterocycles. The minimum Gasteiger partial charge on any atom is -0.425 e. The van der Waals surface area contributed by atoms with Gasteiger partial charge in [-0.2, -0.15) is 0 Å². The number of para-hydroxylation sites is 1. The average molecular weight is 360 g/mol. The molecule has 1 amide bonds. The fourth-order valence-corrected chi connectivity index (χ4v) is 2.53. The van der Waals surface area contributed by atoms with Crippen LogP contribution >= 0.6 is 0 Å². The predicted molar refractivity (Wildman–Crippen MR) is 106 cm³/mol. The molecule has 0 bridgehead atoms. The highest BCUT2D eigenvalue weighted by Crippen LogP contribution is 2.17. The van der Waals surface area contributed by atoms with Gasteiger partial charge in [-0.25, -0.2) is 4.79 Å². The van der Waals surface area contributed by atoms with Gasteiger partial charge in [-0.1, -0.05) is 36.4 Å². The van der Waals surface area contributed by atoms with E-state index >= 15 is 0 Å². The second kappa shape index (κ2) is 8.67. The highest BCUT2D eigenvalue weighted by Gasteiger charge is 2.10. The number of likely N-dealkylation sites (N-methyl/N-ethyl adjacent to an activating group) is 1. The Hall–Kier alpha value is -3.60. The molecule has 5 heteroatoms. The molecule has 1 N–H and O–H groups in total. The molecule has 0 heterocycles. The van der Waals surface area contributed by atoms with E-state index in [1.54, 1.807) is 36.4 Å². The zero-order chi connectivity index (χ0) is 19.1. The molecule has 3 rings (SSSR count). The number of nitrogens with one attached hydrogen (secondary N) is 1. The maximum atomic E-state index is 12.1. The molecule has 0 saturated carbocycles. The van der Waals surface area contributed by atoms with Gasteiger partial charge in [0.1, 0.15) is 12.3 Å². The van der Waals surface area contributed by atoms with Crippen LogP contribution < -0.4 is 15.0 Å². The minimum absolute atomic E-state index is 0.135. The molecule has 0 aliphatic rings. The Bertz CT molecular complexity index is 894. The molecule has 0 saturated heterocycles. The van der Waals surface area contributed by atoms with Crippen molar-refractivity contribution in [2.75, 3.05) is 23.8 Å². The van der Waals surface area contributed by atoms with Crippen LogP contribution in [0.25, 0.3) is 0 Å².